The molecule has 44 heavy (non-hydrogen) atoms. The minimum absolute atomic E-state index is 0.0122. The summed E-state index contributed by atoms with van der Waals surface area (Å²) >= 11 is 0. The van der Waals surface area contributed by atoms with Crippen molar-refractivity contribution in [2.24, 2.45) is 23.7 Å². The van der Waals surface area contributed by atoms with Gasteiger partial charge in [0.1, 0.15) is 17.8 Å². The van der Waals surface area contributed by atoms with Gasteiger partial charge in [0.15, 0.2) is 6.29 Å². The molecule has 10 nitrogen and oxygen atoms in total. The fraction of sp³-hybridized carbons (Fsp3) is 0.912. The van der Waals surface area contributed by atoms with Crippen molar-refractivity contribution < 1.29 is 43.4 Å². The van der Waals surface area contributed by atoms with Gasteiger partial charge in [-0.15, -0.1) is 0 Å². The Morgan fingerprint density at radius 3 is 2.27 bits per heavy atom. The second-order valence-corrected chi connectivity index (χ2v) is 14.0. The summed E-state index contributed by atoms with van der Waals surface area (Å²) in [4.78, 5) is 15.7. The first-order valence-electron chi connectivity index (χ1n) is 16.3. The van der Waals surface area contributed by atoms with Crippen LogP contribution in [0.15, 0.2) is 11.6 Å². The monoisotopic (exact) mass is 629 g/mol. The van der Waals surface area contributed by atoms with Gasteiger partial charge in [-0.2, -0.15) is 0 Å². The first-order chi connectivity index (χ1) is 20.5. The molecule has 0 saturated carbocycles. The van der Waals surface area contributed by atoms with Crippen LogP contribution < -0.4 is 0 Å². The van der Waals surface area contributed by atoms with Crippen molar-refractivity contribution in [2.75, 3.05) is 42.0 Å². The largest absolute Gasteiger partial charge is 0.459 e. The van der Waals surface area contributed by atoms with Crippen LogP contribution in [0.25, 0.3) is 0 Å². The molecule has 2 aliphatic rings. The zero-order valence-electron chi connectivity index (χ0n) is 29.7. The van der Waals surface area contributed by atoms with Crippen molar-refractivity contribution in [3.8, 4) is 0 Å². The average molecular weight is 630 g/mol. The van der Waals surface area contributed by atoms with Crippen molar-refractivity contribution in [2.45, 2.75) is 135 Å². The Labute approximate surface area is 266 Å². The number of likely N-dealkylation sites (N-methyl/N-ethyl adjacent to an activating group) is 1. The van der Waals surface area contributed by atoms with Crippen LogP contribution >= 0.6 is 0 Å². The number of allylic oxidation sites excluding steroid dienone is 1. The number of hydrogen-bond donors (Lipinski definition) is 2. The second kappa shape index (κ2) is 16.6. The number of nitrogens with zero attached hydrogens (tertiary/aromatic N) is 1. The lowest BCUT2D eigenvalue weighted by molar-refractivity contribution is -0.304. The third-order valence-corrected chi connectivity index (χ3v) is 10.2. The van der Waals surface area contributed by atoms with E-state index < -0.39 is 53.6 Å². The van der Waals surface area contributed by atoms with Crippen LogP contribution in [0, 0.1) is 23.7 Å². The summed E-state index contributed by atoms with van der Waals surface area (Å²) in [5.74, 6) is -2.34. The number of carbonyl (C=O) groups is 1. The number of carbonyl (C=O) groups excluding carboxylic acids is 1. The van der Waals surface area contributed by atoms with Gasteiger partial charge in [-0.25, -0.2) is 0 Å². The van der Waals surface area contributed by atoms with Crippen molar-refractivity contribution in [1.29, 1.82) is 0 Å². The molecule has 2 heterocycles. The molecule has 0 aromatic rings. The third kappa shape index (κ3) is 9.03. The molecule has 2 aliphatic heterocycles. The molecule has 1 saturated heterocycles. The molecular weight excluding hydrogens is 566 g/mol. The quantitative estimate of drug-likeness (QED) is 0.284. The van der Waals surface area contributed by atoms with Gasteiger partial charge in [-0.3, -0.25) is 4.79 Å². The molecule has 2 N–H and O–H groups in total. The molecule has 10 heteroatoms. The summed E-state index contributed by atoms with van der Waals surface area (Å²) in [5.41, 5.74) is -1.26. The summed E-state index contributed by atoms with van der Waals surface area (Å²) in [7, 11) is 8.98. The Morgan fingerprint density at radius 1 is 1.11 bits per heavy atom. The Kier molecular flexibility index (Phi) is 14.8. The lowest BCUT2D eigenvalue weighted by atomic mass is 9.74. The van der Waals surface area contributed by atoms with Crippen LogP contribution in [0.1, 0.15) is 81.1 Å². The lowest BCUT2D eigenvalue weighted by Crippen LogP contribution is -2.60. The Balaban J connectivity index is 2.67. The maximum absolute atomic E-state index is 13.6. The first-order valence-corrected chi connectivity index (χ1v) is 16.3. The molecule has 0 aromatic heterocycles. The molecule has 13 atom stereocenters. The maximum atomic E-state index is 13.6. The molecule has 0 unspecified atom stereocenters. The van der Waals surface area contributed by atoms with Gasteiger partial charge in [0.25, 0.3) is 0 Å². The van der Waals surface area contributed by atoms with Gasteiger partial charge < -0.3 is 43.5 Å². The Morgan fingerprint density at radius 2 is 1.75 bits per heavy atom. The van der Waals surface area contributed by atoms with Gasteiger partial charge in [-0.05, 0) is 80.3 Å². The first kappa shape index (κ1) is 39.1. The van der Waals surface area contributed by atoms with E-state index in [1.165, 1.54) is 0 Å². The van der Waals surface area contributed by atoms with E-state index in [2.05, 4.69) is 17.9 Å². The minimum atomic E-state index is -1.35. The number of rotatable bonds is 9. The Hall–Kier alpha value is -1.11. The zero-order valence-corrected chi connectivity index (χ0v) is 29.7. The normalized spacial score (nSPS) is 44.5. The zero-order chi connectivity index (χ0) is 33.6. The van der Waals surface area contributed by atoms with E-state index in [0.29, 0.717) is 25.9 Å². The van der Waals surface area contributed by atoms with Gasteiger partial charge in [0.05, 0.1) is 29.8 Å². The summed E-state index contributed by atoms with van der Waals surface area (Å²) < 4.78 is 36.8. The fourth-order valence-corrected chi connectivity index (χ4v) is 7.53. The highest BCUT2D eigenvalue weighted by atomic mass is 16.7. The number of cyclic esters (lactones) is 1. The predicted molar refractivity (Wildman–Crippen MR) is 170 cm³/mol. The number of hydrogen-bond acceptors (Lipinski definition) is 10. The van der Waals surface area contributed by atoms with Crippen LogP contribution in [0.3, 0.4) is 0 Å². The Bertz CT molecular complexity index is 926. The molecule has 2 rings (SSSR count). The summed E-state index contributed by atoms with van der Waals surface area (Å²) in [6, 6.07) is 0.0579. The van der Waals surface area contributed by atoms with Gasteiger partial charge in [0, 0.05) is 45.8 Å². The smallest absolute Gasteiger partial charge is 0.311 e. The molecule has 0 aromatic carbocycles. The van der Waals surface area contributed by atoms with Gasteiger partial charge >= 0.3 is 5.97 Å². The summed E-state index contributed by atoms with van der Waals surface area (Å²) in [6.45, 7) is 15.7. The predicted octanol–water partition coefficient (Wildman–Crippen LogP) is 4.20. The van der Waals surface area contributed by atoms with E-state index in [4.69, 9.17) is 28.4 Å². The SMILES string of the molecule is CC[C@H]1OC(=O)[C@H](C)[C@@H](O)[C@H](C)[C@@H](O[C@@H]2O[C@H](C)C[C@H](N(C)C)[C@H]2OC)[C@](C)(OC)C[C@@H](C)/C=C(/C)[C@@H](CCOC)[C@]1(C)O. The van der Waals surface area contributed by atoms with E-state index in [0.717, 1.165) is 12.0 Å². The van der Waals surface area contributed by atoms with E-state index >= 15 is 0 Å². The van der Waals surface area contributed by atoms with Crippen molar-refractivity contribution in [1.82, 2.24) is 4.90 Å². The molecule has 0 spiro atoms. The van der Waals surface area contributed by atoms with Crippen LogP contribution in [-0.2, 0) is 33.2 Å². The molecule has 0 radical (unpaired) electrons. The van der Waals surface area contributed by atoms with E-state index in [1.807, 2.05) is 48.7 Å². The van der Waals surface area contributed by atoms with Crippen molar-refractivity contribution >= 4 is 5.97 Å². The van der Waals surface area contributed by atoms with Crippen molar-refractivity contribution in [3.05, 3.63) is 11.6 Å². The highest BCUT2D eigenvalue weighted by molar-refractivity contribution is 5.73. The average Bonchev–Trinajstić information content (AvgIpc) is 2.96. The molecule has 1 fully saturated rings. The maximum Gasteiger partial charge on any atom is 0.311 e. The molecule has 0 bridgehead atoms. The molecular formula is C34H63NO9. The highest BCUT2D eigenvalue weighted by Crippen LogP contribution is 2.40. The third-order valence-electron chi connectivity index (χ3n) is 10.2. The minimum Gasteiger partial charge on any atom is -0.459 e. The van der Waals surface area contributed by atoms with E-state index in [9.17, 15) is 15.0 Å². The van der Waals surface area contributed by atoms with Crippen LogP contribution in [0.4, 0.5) is 0 Å². The topological polar surface area (TPSA) is 116 Å². The number of esters is 1. The second-order valence-electron chi connectivity index (χ2n) is 14.0. The highest BCUT2D eigenvalue weighted by Gasteiger charge is 2.50. The summed E-state index contributed by atoms with van der Waals surface area (Å²) in [6.07, 6.45) is 0.700. The fourth-order valence-electron chi connectivity index (χ4n) is 7.53. The lowest BCUT2D eigenvalue weighted by Gasteiger charge is -2.48. The molecule has 0 aliphatic carbocycles. The van der Waals surface area contributed by atoms with E-state index in [-0.39, 0.29) is 30.1 Å². The molecule has 258 valence electrons. The number of aliphatic hydroxyl groups excluding tert-OH is 1. The molecule has 0 amide bonds. The van der Waals surface area contributed by atoms with Gasteiger partial charge in [0.2, 0.25) is 0 Å². The number of ether oxygens (including phenoxy) is 6. The van der Waals surface area contributed by atoms with E-state index in [1.54, 1.807) is 35.2 Å². The number of methoxy groups -OCH3 is 3. The standard InChI is InChI=1S/C34H63NO9/c1-14-27-34(8,38)25(15-16-39-11)21(3)17-20(2)19-33(7,41-13)30(23(5)28(36)24(6)31(37)43-27)44-32-29(40-12)26(35(9)10)18-22(4)42-32/h17,20,22-30,32,36,38H,14-16,18-19H2,1-13H3/b21-17-/t20-,22+,23-,24+,25+,26-,27+,28-,29+,30+,32-,33+,34-/m0/s1. The van der Waals surface area contributed by atoms with Crippen molar-refractivity contribution in [3.63, 3.8) is 0 Å². The number of aliphatic hydroxyl groups is 2. The van der Waals surface area contributed by atoms with Crippen LogP contribution in [0.2, 0.25) is 0 Å². The van der Waals surface area contributed by atoms with Gasteiger partial charge in [-0.1, -0.05) is 32.4 Å². The van der Waals surface area contributed by atoms with Crippen LogP contribution in [-0.4, -0.2) is 117 Å². The summed E-state index contributed by atoms with van der Waals surface area (Å²) in [5, 5.41) is 23.6. The van der Waals surface area contributed by atoms with Crippen LogP contribution in [0.5, 0.6) is 0 Å².